The number of hydrogen-bond donors (Lipinski definition) is 0. The Morgan fingerprint density at radius 1 is 1.35 bits per heavy atom. The zero-order valence-electron chi connectivity index (χ0n) is 12.7. The Bertz CT molecular complexity index is 421. The molecule has 0 amide bonds. The van der Waals surface area contributed by atoms with Crippen LogP contribution in [0.5, 0.6) is 5.75 Å². The van der Waals surface area contributed by atoms with Crippen LogP contribution in [0, 0.1) is 0 Å². The summed E-state index contributed by atoms with van der Waals surface area (Å²) in [6.45, 7) is 4.57. The summed E-state index contributed by atoms with van der Waals surface area (Å²) < 4.78 is 5.49. The van der Waals surface area contributed by atoms with E-state index in [2.05, 4.69) is 30.0 Å². The second-order valence-corrected chi connectivity index (χ2v) is 5.95. The van der Waals surface area contributed by atoms with Crippen LogP contribution in [0.2, 0.25) is 0 Å². The molecular weight excluding hydrogens is 270 g/mol. The molecule has 20 heavy (non-hydrogen) atoms. The Labute approximate surface area is 128 Å². The molecule has 1 aliphatic rings. The van der Waals surface area contributed by atoms with E-state index in [1.165, 1.54) is 30.5 Å². The van der Waals surface area contributed by atoms with Gasteiger partial charge >= 0.3 is 0 Å². The number of ether oxygens (including phenoxy) is 1. The van der Waals surface area contributed by atoms with Crippen molar-refractivity contribution in [3.8, 4) is 5.75 Å². The standard InChI is InChI=1S/C17H26ClNO/c1-3-11-19(12-5-10-18)15-8-9-16-14(13-15)6-4-7-17(16)20-2/h4,6-7,15H,3,5,8-13H2,1-2H3. The van der Waals surface area contributed by atoms with E-state index in [4.69, 9.17) is 16.3 Å². The molecule has 0 heterocycles. The highest BCUT2D eigenvalue weighted by Crippen LogP contribution is 2.31. The zero-order chi connectivity index (χ0) is 14.4. The average Bonchev–Trinajstić information content (AvgIpc) is 2.50. The molecule has 0 spiro atoms. The van der Waals surface area contributed by atoms with Gasteiger partial charge in [0.2, 0.25) is 0 Å². The normalized spacial score (nSPS) is 18.1. The number of benzene rings is 1. The Kier molecular flexibility index (Phi) is 6.18. The van der Waals surface area contributed by atoms with Gasteiger partial charge in [0.1, 0.15) is 5.75 Å². The third kappa shape index (κ3) is 3.67. The molecule has 1 aromatic rings. The molecule has 0 fully saturated rings. The van der Waals surface area contributed by atoms with Crippen LogP contribution in [0.15, 0.2) is 18.2 Å². The summed E-state index contributed by atoms with van der Waals surface area (Å²) in [7, 11) is 1.77. The quantitative estimate of drug-likeness (QED) is 0.708. The van der Waals surface area contributed by atoms with E-state index in [1.54, 1.807) is 7.11 Å². The average molecular weight is 296 g/mol. The van der Waals surface area contributed by atoms with Gasteiger partial charge < -0.3 is 9.64 Å². The van der Waals surface area contributed by atoms with Gasteiger partial charge in [-0.3, -0.25) is 0 Å². The van der Waals surface area contributed by atoms with Crippen LogP contribution in [-0.2, 0) is 12.8 Å². The van der Waals surface area contributed by atoms with Gasteiger partial charge in [-0.2, -0.15) is 0 Å². The van der Waals surface area contributed by atoms with Crippen LogP contribution >= 0.6 is 11.6 Å². The molecule has 1 unspecified atom stereocenters. The van der Waals surface area contributed by atoms with Crippen molar-refractivity contribution in [2.75, 3.05) is 26.1 Å². The van der Waals surface area contributed by atoms with E-state index in [9.17, 15) is 0 Å². The first-order chi connectivity index (χ1) is 9.80. The number of nitrogens with zero attached hydrogens (tertiary/aromatic N) is 1. The van der Waals surface area contributed by atoms with Crippen LogP contribution in [0.25, 0.3) is 0 Å². The number of methoxy groups -OCH3 is 1. The third-order valence-electron chi connectivity index (χ3n) is 4.24. The lowest BCUT2D eigenvalue weighted by atomic mass is 9.86. The maximum atomic E-state index is 5.86. The van der Waals surface area contributed by atoms with Gasteiger partial charge in [-0.25, -0.2) is 0 Å². The SMILES string of the molecule is CCCN(CCCCl)C1CCc2c(cccc2OC)C1. The minimum atomic E-state index is 0.665. The largest absolute Gasteiger partial charge is 0.496 e. The summed E-state index contributed by atoms with van der Waals surface area (Å²) >= 11 is 5.86. The van der Waals surface area contributed by atoms with Crippen molar-refractivity contribution in [3.63, 3.8) is 0 Å². The molecule has 2 rings (SSSR count). The van der Waals surface area contributed by atoms with Crippen LogP contribution in [-0.4, -0.2) is 37.0 Å². The summed E-state index contributed by atoms with van der Waals surface area (Å²) in [4.78, 5) is 2.63. The number of halogens is 1. The highest BCUT2D eigenvalue weighted by atomic mass is 35.5. The first kappa shape index (κ1) is 15.7. The van der Waals surface area contributed by atoms with Gasteiger partial charge in [-0.1, -0.05) is 19.1 Å². The van der Waals surface area contributed by atoms with E-state index in [0.717, 1.165) is 37.4 Å². The Morgan fingerprint density at radius 2 is 2.20 bits per heavy atom. The molecule has 0 aliphatic heterocycles. The van der Waals surface area contributed by atoms with Crippen LogP contribution < -0.4 is 4.74 Å². The molecule has 0 aromatic heterocycles. The second-order valence-electron chi connectivity index (χ2n) is 5.57. The van der Waals surface area contributed by atoms with Gasteiger partial charge in [-0.05, 0) is 62.4 Å². The van der Waals surface area contributed by atoms with Crippen molar-refractivity contribution in [2.24, 2.45) is 0 Å². The summed E-state index contributed by atoms with van der Waals surface area (Å²) in [5.74, 6) is 1.82. The highest BCUT2D eigenvalue weighted by molar-refractivity contribution is 6.17. The molecule has 0 saturated carbocycles. The van der Waals surface area contributed by atoms with E-state index in [1.807, 2.05) is 0 Å². The fraction of sp³-hybridized carbons (Fsp3) is 0.647. The molecule has 1 aliphatic carbocycles. The molecule has 1 atom stereocenters. The molecule has 0 radical (unpaired) electrons. The highest BCUT2D eigenvalue weighted by Gasteiger charge is 2.25. The molecule has 0 bridgehead atoms. The lowest BCUT2D eigenvalue weighted by Crippen LogP contribution is -2.40. The van der Waals surface area contributed by atoms with Crippen molar-refractivity contribution < 1.29 is 4.74 Å². The third-order valence-corrected chi connectivity index (χ3v) is 4.51. The number of rotatable bonds is 7. The topological polar surface area (TPSA) is 12.5 Å². The van der Waals surface area contributed by atoms with Gasteiger partial charge in [-0.15, -0.1) is 11.6 Å². The van der Waals surface area contributed by atoms with Crippen molar-refractivity contribution in [3.05, 3.63) is 29.3 Å². The molecule has 112 valence electrons. The van der Waals surface area contributed by atoms with Gasteiger partial charge in [0.05, 0.1) is 7.11 Å². The molecule has 0 N–H and O–H groups in total. The minimum absolute atomic E-state index is 0.665. The second kappa shape index (κ2) is 7.90. The van der Waals surface area contributed by atoms with Gasteiger partial charge in [0.25, 0.3) is 0 Å². The summed E-state index contributed by atoms with van der Waals surface area (Å²) in [6, 6.07) is 7.12. The number of hydrogen-bond acceptors (Lipinski definition) is 2. The summed E-state index contributed by atoms with van der Waals surface area (Å²) in [6.07, 6.45) is 5.81. The molecule has 3 heteroatoms. The van der Waals surface area contributed by atoms with E-state index >= 15 is 0 Å². The maximum absolute atomic E-state index is 5.86. The molecule has 0 saturated heterocycles. The smallest absolute Gasteiger partial charge is 0.122 e. The number of alkyl halides is 1. The monoisotopic (exact) mass is 295 g/mol. The van der Waals surface area contributed by atoms with E-state index in [-0.39, 0.29) is 0 Å². The Morgan fingerprint density at radius 3 is 2.90 bits per heavy atom. The zero-order valence-corrected chi connectivity index (χ0v) is 13.5. The van der Waals surface area contributed by atoms with Crippen LogP contribution in [0.3, 0.4) is 0 Å². The van der Waals surface area contributed by atoms with Crippen LogP contribution in [0.1, 0.15) is 37.3 Å². The Balaban J connectivity index is 2.08. The van der Waals surface area contributed by atoms with Gasteiger partial charge in [0, 0.05) is 11.9 Å². The van der Waals surface area contributed by atoms with Crippen molar-refractivity contribution >= 4 is 11.6 Å². The Hall–Kier alpha value is -0.730. The number of fused-ring (bicyclic) bond motifs is 1. The van der Waals surface area contributed by atoms with Crippen LogP contribution in [0.4, 0.5) is 0 Å². The fourth-order valence-corrected chi connectivity index (χ4v) is 3.40. The van der Waals surface area contributed by atoms with Crippen molar-refractivity contribution in [1.82, 2.24) is 4.90 Å². The summed E-state index contributed by atoms with van der Waals surface area (Å²) in [5, 5.41) is 0. The lowest BCUT2D eigenvalue weighted by molar-refractivity contribution is 0.179. The van der Waals surface area contributed by atoms with E-state index in [0.29, 0.717) is 6.04 Å². The summed E-state index contributed by atoms with van der Waals surface area (Å²) in [5.41, 5.74) is 2.88. The van der Waals surface area contributed by atoms with Crippen molar-refractivity contribution in [1.29, 1.82) is 0 Å². The van der Waals surface area contributed by atoms with Gasteiger partial charge in [0.15, 0.2) is 0 Å². The first-order valence-electron chi connectivity index (χ1n) is 7.75. The molecule has 1 aromatic carbocycles. The van der Waals surface area contributed by atoms with E-state index < -0.39 is 0 Å². The first-order valence-corrected chi connectivity index (χ1v) is 8.28. The maximum Gasteiger partial charge on any atom is 0.122 e. The lowest BCUT2D eigenvalue weighted by Gasteiger charge is -2.35. The predicted octanol–water partition coefficient (Wildman–Crippen LogP) is 3.89. The minimum Gasteiger partial charge on any atom is -0.496 e. The fourth-order valence-electron chi connectivity index (χ4n) is 3.28. The molecule has 2 nitrogen and oxygen atoms in total. The van der Waals surface area contributed by atoms with Crippen molar-refractivity contribution in [2.45, 2.75) is 45.1 Å². The predicted molar refractivity (Wildman–Crippen MR) is 86.0 cm³/mol. The molecular formula is C17H26ClNO.